The molecule has 0 saturated carbocycles. The number of carboxylic acids is 1. The fourth-order valence-electron chi connectivity index (χ4n) is 1.91. The Balaban J connectivity index is 3.71. The van der Waals surface area contributed by atoms with Crippen LogP contribution in [0.4, 0.5) is 0 Å². The molecule has 0 spiro atoms. The lowest BCUT2D eigenvalue weighted by atomic mass is 10.2. The molecule has 0 rings (SSSR count). The van der Waals surface area contributed by atoms with Gasteiger partial charge in [0, 0.05) is 5.57 Å². The van der Waals surface area contributed by atoms with E-state index in [1.807, 2.05) is 19.1 Å². The highest BCUT2D eigenvalue weighted by molar-refractivity contribution is 5.86. The second kappa shape index (κ2) is 17.3. The minimum absolute atomic E-state index is 0.447. The van der Waals surface area contributed by atoms with E-state index >= 15 is 0 Å². The van der Waals surface area contributed by atoms with Crippen LogP contribution < -0.4 is 0 Å². The first kappa shape index (κ1) is 21.9. The summed E-state index contributed by atoms with van der Waals surface area (Å²) in [6, 6.07) is 0. The van der Waals surface area contributed by atoms with Gasteiger partial charge in [-0.15, -0.1) is 0 Å². The summed E-state index contributed by atoms with van der Waals surface area (Å²) in [4.78, 5) is 10.8. The molecule has 0 aliphatic carbocycles. The van der Waals surface area contributed by atoms with Gasteiger partial charge in [-0.25, -0.2) is 4.79 Å². The lowest BCUT2D eigenvalue weighted by Gasteiger charge is -1.93. The maximum absolute atomic E-state index is 10.8. The van der Waals surface area contributed by atoms with Crippen LogP contribution in [0, 0.1) is 0 Å². The highest BCUT2D eigenvalue weighted by Gasteiger charge is 2.00. The first-order valence-electron chi connectivity index (χ1n) is 8.91. The summed E-state index contributed by atoms with van der Waals surface area (Å²) < 4.78 is 0. The van der Waals surface area contributed by atoms with E-state index in [0.717, 1.165) is 38.5 Å². The number of allylic oxidation sites excluding steroid dienone is 11. The summed E-state index contributed by atoms with van der Waals surface area (Å²) in [5.41, 5.74) is 0.447. The molecule has 0 bridgehead atoms. The van der Waals surface area contributed by atoms with Crippen molar-refractivity contribution in [3.63, 3.8) is 0 Å². The molecule has 0 aromatic rings. The van der Waals surface area contributed by atoms with Crippen LogP contribution in [0.15, 0.2) is 72.4 Å². The molecule has 0 heterocycles. The Labute approximate surface area is 147 Å². The number of hydrogen-bond acceptors (Lipinski definition) is 1. The quantitative estimate of drug-likeness (QED) is 0.180. The van der Waals surface area contributed by atoms with Gasteiger partial charge in [-0.2, -0.15) is 0 Å². The Kier molecular flexibility index (Phi) is 15.8. The average Bonchev–Trinajstić information content (AvgIpc) is 2.57. The van der Waals surface area contributed by atoms with Gasteiger partial charge in [0.2, 0.25) is 0 Å². The molecule has 0 aromatic heterocycles. The van der Waals surface area contributed by atoms with Crippen molar-refractivity contribution in [3.05, 3.63) is 72.4 Å². The SMILES string of the molecule is CCC=CCC=CCC=CCC=CCC/C=C/C=C(CC)C(=O)O. The zero-order valence-corrected chi connectivity index (χ0v) is 15.2. The Morgan fingerprint density at radius 2 is 1.25 bits per heavy atom. The van der Waals surface area contributed by atoms with E-state index in [2.05, 4.69) is 55.5 Å². The number of rotatable bonds is 13. The minimum atomic E-state index is -0.832. The van der Waals surface area contributed by atoms with Crippen LogP contribution in [-0.2, 0) is 4.79 Å². The zero-order chi connectivity index (χ0) is 17.9. The van der Waals surface area contributed by atoms with Crippen LogP contribution in [0.1, 0.15) is 58.8 Å². The van der Waals surface area contributed by atoms with Gasteiger partial charge >= 0.3 is 5.97 Å². The second-order valence-electron chi connectivity index (χ2n) is 5.36. The Bertz CT molecular complexity index is 488. The molecule has 0 aliphatic rings. The summed E-state index contributed by atoms with van der Waals surface area (Å²) in [5.74, 6) is -0.832. The third-order valence-corrected chi connectivity index (χ3v) is 3.31. The molecule has 0 amide bonds. The van der Waals surface area contributed by atoms with Crippen molar-refractivity contribution in [1.29, 1.82) is 0 Å². The number of aliphatic carboxylic acids is 1. The van der Waals surface area contributed by atoms with Gasteiger partial charge in [0.05, 0.1) is 0 Å². The van der Waals surface area contributed by atoms with Gasteiger partial charge < -0.3 is 5.11 Å². The van der Waals surface area contributed by atoms with Gasteiger partial charge in [0.15, 0.2) is 0 Å². The number of hydrogen-bond donors (Lipinski definition) is 1. The Morgan fingerprint density at radius 1 is 0.750 bits per heavy atom. The molecule has 0 aromatic carbocycles. The highest BCUT2D eigenvalue weighted by atomic mass is 16.4. The molecule has 1 N–H and O–H groups in total. The summed E-state index contributed by atoms with van der Waals surface area (Å²) in [7, 11) is 0. The van der Waals surface area contributed by atoms with E-state index < -0.39 is 5.97 Å². The van der Waals surface area contributed by atoms with Crippen molar-refractivity contribution < 1.29 is 9.90 Å². The molecule has 2 heteroatoms. The predicted molar refractivity (Wildman–Crippen MR) is 105 cm³/mol. The normalized spacial score (nSPS) is 13.5. The second-order valence-corrected chi connectivity index (χ2v) is 5.36. The van der Waals surface area contributed by atoms with Crippen LogP contribution in [-0.4, -0.2) is 11.1 Å². The lowest BCUT2D eigenvalue weighted by Crippen LogP contribution is -1.97. The van der Waals surface area contributed by atoms with Gasteiger partial charge in [0.25, 0.3) is 0 Å². The van der Waals surface area contributed by atoms with Crippen LogP contribution in [0.3, 0.4) is 0 Å². The largest absolute Gasteiger partial charge is 0.478 e. The summed E-state index contributed by atoms with van der Waals surface area (Å²) >= 11 is 0. The maximum atomic E-state index is 10.8. The molecule has 24 heavy (non-hydrogen) atoms. The molecular weight excluding hydrogens is 296 g/mol. The Hall–Kier alpha value is -2.09. The molecule has 0 saturated heterocycles. The molecule has 0 atom stereocenters. The average molecular weight is 328 g/mol. The van der Waals surface area contributed by atoms with E-state index in [0.29, 0.717) is 12.0 Å². The van der Waals surface area contributed by atoms with E-state index in [4.69, 9.17) is 5.11 Å². The smallest absolute Gasteiger partial charge is 0.331 e. The fourth-order valence-corrected chi connectivity index (χ4v) is 1.91. The minimum Gasteiger partial charge on any atom is -0.478 e. The van der Waals surface area contributed by atoms with Gasteiger partial charge in [-0.05, 0) is 44.9 Å². The van der Waals surface area contributed by atoms with Crippen LogP contribution in [0.5, 0.6) is 0 Å². The van der Waals surface area contributed by atoms with Crippen molar-refractivity contribution in [2.75, 3.05) is 0 Å². The highest BCUT2D eigenvalue weighted by Crippen LogP contribution is 2.02. The van der Waals surface area contributed by atoms with E-state index in [9.17, 15) is 4.79 Å². The van der Waals surface area contributed by atoms with Crippen molar-refractivity contribution >= 4 is 5.97 Å². The molecule has 2 nitrogen and oxygen atoms in total. The summed E-state index contributed by atoms with van der Waals surface area (Å²) in [6.45, 7) is 3.99. The Morgan fingerprint density at radius 3 is 1.75 bits per heavy atom. The maximum Gasteiger partial charge on any atom is 0.331 e. The molecule has 132 valence electrons. The van der Waals surface area contributed by atoms with Crippen molar-refractivity contribution in [2.24, 2.45) is 0 Å². The molecule has 0 aliphatic heterocycles. The van der Waals surface area contributed by atoms with Gasteiger partial charge in [-0.3, -0.25) is 0 Å². The van der Waals surface area contributed by atoms with E-state index in [1.54, 1.807) is 6.08 Å². The predicted octanol–water partition coefficient (Wildman–Crippen LogP) is 6.55. The van der Waals surface area contributed by atoms with Crippen LogP contribution in [0.2, 0.25) is 0 Å². The monoisotopic (exact) mass is 328 g/mol. The third kappa shape index (κ3) is 14.8. The van der Waals surface area contributed by atoms with Gasteiger partial charge in [0.1, 0.15) is 0 Å². The van der Waals surface area contributed by atoms with Crippen molar-refractivity contribution in [3.8, 4) is 0 Å². The van der Waals surface area contributed by atoms with Crippen LogP contribution >= 0.6 is 0 Å². The topological polar surface area (TPSA) is 37.3 Å². The fraction of sp³-hybridized carbons (Fsp3) is 0.409. The zero-order valence-electron chi connectivity index (χ0n) is 15.2. The van der Waals surface area contributed by atoms with E-state index in [-0.39, 0.29) is 0 Å². The van der Waals surface area contributed by atoms with Crippen molar-refractivity contribution in [2.45, 2.75) is 58.8 Å². The third-order valence-electron chi connectivity index (χ3n) is 3.31. The first-order chi connectivity index (χ1) is 11.7. The van der Waals surface area contributed by atoms with Crippen LogP contribution in [0.25, 0.3) is 0 Å². The number of carboxylic acid groups (broad SMARTS) is 1. The number of unbranched alkanes of at least 4 members (excludes halogenated alkanes) is 1. The first-order valence-corrected chi connectivity index (χ1v) is 8.91. The number of carbonyl (C=O) groups is 1. The summed E-state index contributed by atoms with van der Waals surface area (Å²) in [5, 5.41) is 8.87. The van der Waals surface area contributed by atoms with E-state index in [1.165, 1.54) is 0 Å². The molecular formula is C22H32O2. The standard InChI is InChI=1S/C22H32O2/c1-3-5-6-7-8-9-10-11-12-13-14-15-16-17-18-19-20-21(4-2)22(23)24/h5-6,8-9,11-12,14-15,18-20H,3-4,7,10,13,16-17H2,1-2H3,(H,23,24)/b6-5?,9-8?,12-11?,15-14?,19-18+,21-20?. The molecule has 0 unspecified atom stereocenters. The summed E-state index contributed by atoms with van der Waals surface area (Å²) in [6.07, 6.45) is 29.6. The molecule has 0 fully saturated rings. The lowest BCUT2D eigenvalue weighted by molar-refractivity contribution is -0.132. The van der Waals surface area contributed by atoms with Gasteiger partial charge in [-0.1, -0.05) is 80.7 Å². The van der Waals surface area contributed by atoms with Crippen molar-refractivity contribution in [1.82, 2.24) is 0 Å². The molecule has 0 radical (unpaired) electrons.